The van der Waals surface area contributed by atoms with Crippen LogP contribution < -0.4 is 4.72 Å². The maximum Gasteiger partial charge on any atom is 0.287 e. The van der Waals surface area contributed by atoms with Crippen LogP contribution in [-0.2, 0) is 40.8 Å². The lowest BCUT2D eigenvalue weighted by Gasteiger charge is -2.07. The number of aryl methyl sites for hydroxylation is 1. The van der Waals surface area contributed by atoms with Crippen molar-refractivity contribution in [3.05, 3.63) is 46.3 Å². The van der Waals surface area contributed by atoms with Gasteiger partial charge in [-0.2, -0.15) is 0 Å². The molecular weight excluding hydrogens is 320 g/mol. The van der Waals surface area contributed by atoms with Gasteiger partial charge in [0.1, 0.15) is 0 Å². The zero-order chi connectivity index (χ0) is 16.6. The molecule has 1 aliphatic heterocycles. The Labute approximate surface area is 133 Å². The smallest absolute Gasteiger partial charge is 0.287 e. The standard InChI is InChI=1S/C14H16N4O4S/c1-9-13(15-17-18(9)2)14(19)16-23(20,21)8-10-3-4-11-6-22-7-12(11)5-10/h3-5H,6-8H2,1-2H3,(H,16,19). The summed E-state index contributed by atoms with van der Waals surface area (Å²) in [4.78, 5) is 12.0. The molecule has 0 atom stereocenters. The molecule has 0 radical (unpaired) electrons. The predicted octanol–water partition coefficient (Wildman–Crippen LogP) is 0.414. The van der Waals surface area contributed by atoms with E-state index in [0.29, 0.717) is 24.5 Å². The molecule has 1 aliphatic rings. The van der Waals surface area contributed by atoms with Crippen LogP contribution in [0, 0.1) is 6.92 Å². The van der Waals surface area contributed by atoms with Crippen molar-refractivity contribution in [2.45, 2.75) is 25.9 Å². The van der Waals surface area contributed by atoms with Crippen molar-refractivity contribution in [1.82, 2.24) is 19.7 Å². The zero-order valence-electron chi connectivity index (χ0n) is 12.7. The van der Waals surface area contributed by atoms with E-state index in [1.807, 2.05) is 10.8 Å². The molecule has 122 valence electrons. The molecule has 9 heteroatoms. The summed E-state index contributed by atoms with van der Waals surface area (Å²) in [6.07, 6.45) is 0. The minimum atomic E-state index is -3.82. The highest BCUT2D eigenvalue weighted by atomic mass is 32.2. The van der Waals surface area contributed by atoms with Gasteiger partial charge in [0, 0.05) is 7.05 Å². The first-order valence-corrected chi connectivity index (χ1v) is 8.60. The van der Waals surface area contributed by atoms with Crippen LogP contribution >= 0.6 is 0 Å². The number of sulfonamides is 1. The lowest BCUT2D eigenvalue weighted by atomic mass is 10.1. The first-order chi connectivity index (χ1) is 10.9. The van der Waals surface area contributed by atoms with Gasteiger partial charge in [0.05, 0.1) is 24.7 Å². The van der Waals surface area contributed by atoms with Gasteiger partial charge in [-0.25, -0.2) is 13.1 Å². The fourth-order valence-electron chi connectivity index (χ4n) is 2.37. The van der Waals surface area contributed by atoms with Crippen LogP contribution in [-0.4, -0.2) is 29.3 Å². The summed E-state index contributed by atoms with van der Waals surface area (Å²) in [5.41, 5.74) is 3.13. The number of carbonyl (C=O) groups excluding carboxylic acids is 1. The number of benzene rings is 1. The third kappa shape index (κ3) is 3.25. The lowest BCUT2D eigenvalue weighted by Crippen LogP contribution is -2.32. The van der Waals surface area contributed by atoms with Crippen LogP contribution in [0.1, 0.15) is 32.9 Å². The molecule has 8 nitrogen and oxygen atoms in total. The fraction of sp³-hybridized carbons (Fsp3) is 0.357. The first-order valence-electron chi connectivity index (χ1n) is 6.95. The number of nitrogens with zero attached hydrogens (tertiary/aromatic N) is 3. The SMILES string of the molecule is Cc1c(C(=O)NS(=O)(=O)Cc2ccc3c(c2)COC3)nnn1C. The van der Waals surface area contributed by atoms with Crippen molar-refractivity contribution < 1.29 is 17.9 Å². The maximum absolute atomic E-state index is 12.2. The van der Waals surface area contributed by atoms with Crippen LogP contribution in [0.15, 0.2) is 18.2 Å². The zero-order valence-corrected chi connectivity index (χ0v) is 13.6. The molecule has 1 aromatic heterocycles. The minimum absolute atomic E-state index is 0.00146. The molecule has 0 aliphatic carbocycles. The highest BCUT2D eigenvalue weighted by Crippen LogP contribution is 2.21. The number of amides is 1. The molecule has 1 amide bonds. The summed E-state index contributed by atoms with van der Waals surface area (Å²) in [5.74, 6) is -1.06. The summed E-state index contributed by atoms with van der Waals surface area (Å²) < 4.78 is 33.1. The quantitative estimate of drug-likeness (QED) is 0.867. The molecule has 2 heterocycles. The van der Waals surface area contributed by atoms with E-state index in [1.165, 1.54) is 4.68 Å². The van der Waals surface area contributed by atoms with Crippen LogP contribution in [0.25, 0.3) is 0 Å². The fourth-order valence-corrected chi connectivity index (χ4v) is 3.44. The molecule has 0 fully saturated rings. The Hall–Kier alpha value is -2.26. The van der Waals surface area contributed by atoms with Gasteiger partial charge in [0.25, 0.3) is 5.91 Å². The maximum atomic E-state index is 12.2. The number of carbonyl (C=O) groups is 1. The highest BCUT2D eigenvalue weighted by Gasteiger charge is 2.22. The summed E-state index contributed by atoms with van der Waals surface area (Å²) >= 11 is 0. The van der Waals surface area contributed by atoms with E-state index in [4.69, 9.17) is 4.74 Å². The van der Waals surface area contributed by atoms with Crippen molar-refractivity contribution >= 4 is 15.9 Å². The van der Waals surface area contributed by atoms with Gasteiger partial charge in [-0.05, 0) is 23.6 Å². The lowest BCUT2D eigenvalue weighted by molar-refractivity contribution is 0.0976. The molecule has 0 bridgehead atoms. The topological polar surface area (TPSA) is 103 Å². The van der Waals surface area contributed by atoms with Gasteiger partial charge in [-0.1, -0.05) is 23.4 Å². The van der Waals surface area contributed by atoms with Crippen LogP contribution in [0.2, 0.25) is 0 Å². The normalized spacial score (nSPS) is 13.8. The summed E-state index contributed by atoms with van der Waals surface area (Å²) in [6.45, 7) is 2.67. The minimum Gasteiger partial charge on any atom is -0.372 e. The Morgan fingerprint density at radius 1 is 1.35 bits per heavy atom. The Morgan fingerprint density at radius 3 is 2.78 bits per heavy atom. The summed E-state index contributed by atoms with van der Waals surface area (Å²) in [5, 5.41) is 7.36. The number of hydrogen-bond donors (Lipinski definition) is 1. The molecule has 0 unspecified atom stereocenters. The van der Waals surface area contributed by atoms with Crippen LogP contribution in [0.4, 0.5) is 0 Å². The molecule has 0 spiro atoms. The van der Waals surface area contributed by atoms with E-state index in [1.54, 1.807) is 26.1 Å². The Morgan fingerprint density at radius 2 is 2.09 bits per heavy atom. The van der Waals surface area contributed by atoms with Crippen molar-refractivity contribution in [3.63, 3.8) is 0 Å². The number of ether oxygens (including phenoxy) is 1. The van der Waals surface area contributed by atoms with E-state index in [-0.39, 0.29) is 11.4 Å². The molecular formula is C14H16N4O4S. The van der Waals surface area contributed by atoms with Crippen molar-refractivity contribution in [1.29, 1.82) is 0 Å². The number of rotatable bonds is 4. The third-order valence-corrected chi connectivity index (χ3v) is 4.92. The third-order valence-electron chi connectivity index (χ3n) is 3.71. The van der Waals surface area contributed by atoms with Gasteiger partial charge in [0.15, 0.2) is 5.69 Å². The van der Waals surface area contributed by atoms with E-state index in [0.717, 1.165) is 11.1 Å². The van der Waals surface area contributed by atoms with Gasteiger partial charge in [-0.3, -0.25) is 9.48 Å². The van der Waals surface area contributed by atoms with Crippen molar-refractivity contribution in [2.24, 2.45) is 7.05 Å². The Bertz CT molecular complexity index is 873. The largest absolute Gasteiger partial charge is 0.372 e. The van der Waals surface area contributed by atoms with E-state index in [2.05, 4.69) is 10.3 Å². The monoisotopic (exact) mass is 336 g/mol. The second kappa shape index (κ2) is 5.74. The molecule has 23 heavy (non-hydrogen) atoms. The Kier molecular flexibility index (Phi) is 3.90. The molecule has 1 N–H and O–H groups in total. The van der Waals surface area contributed by atoms with Gasteiger partial charge in [-0.15, -0.1) is 5.10 Å². The van der Waals surface area contributed by atoms with Gasteiger partial charge < -0.3 is 4.74 Å². The first kappa shape index (κ1) is 15.6. The average molecular weight is 336 g/mol. The Balaban J connectivity index is 1.74. The number of nitrogens with one attached hydrogen (secondary N) is 1. The molecule has 0 saturated carbocycles. The van der Waals surface area contributed by atoms with Gasteiger partial charge >= 0.3 is 0 Å². The second-order valence-electron chi connectivity index (χ2n) is 5.43. The number of fused-ring (bicyclic) bond motifs is 1. The van der Waals surface area contributed by atoms with Crippen molar-refractivity contribution in [3.8, 4) is 0 Å². The van der Waals surface area contributed by atoms with E-state index in [9.17, 15) is 13.2 Å². The van der Waals surface area contributed by atoms with Crippen molar-refractivity contribution in [2.75, 3.05) is 0 Å². The number of hydrogen-bond acceptors (Lipinski definition) is 6. The average Bonchev–Trinajstić information content (AvgIpc) is 3.05. The van der Waals surface area contributed by atoms with Crippen LogP contribution in [0.3, 0.4) is 0 Å². The predicted molar refractivity (Wildman–Crippen MR) is 80.8 cm³/mol. The second-order valence-corrected chi connectivity index (χ2v) is 7.16. The molecule has 0 saturated heterocycles. The number of aromatic nitrogens is 3. The highest BCUT2D eigenvalue weighted by molar-refractivity contribution is 7.89. The molecule has 1 aromatic carbocycles. The summed E-state index contributed by atoms with van der Waals surface area (Å²) in [7, 11) is -2.20. The molecule has 3 rings (SSSR count). The van der Waals surface area contributed by atoms with Crippen LogP contribution in [0.5, 0.6) is 0 Å². The van der Waals surface area contributed by atoms with E-state index >= 15 is 0 Å². The summed E-state index contributed by atoms with van der Waals surface area (Å²) in [6, 6.07) is 5.37. The van der Waals surface area contributed by atoms with E-state index < -0.39 is 15.9 Å². The van der Waals surface area contributed by atoms with Gasteiger partial charge in [0.2, 0.25) is 10.0 Å². The molecule has 2 aromatic rings.